The maximum Gasteiger partial charge on any atom is 0.185 e. The third-order valence-electron chi connectivity index (χ3n) is 11.9. The van der Waals surface area contributed by atoms with Gasteiger partial charge in [0.2, 0.25) is 0 Å². The summed E-state index contributed by atoms with van der Waals surface area (Å²) in [5, 5.41) is 36.6. The Morgan fingerprint density at radius 1 is 1.09 bits per heavy atom. The molecule has 10 heteroatoms. The number of anilines is 1. The Bertz CT molecular complexity index is 1570. The number of halogens is 2. The molecule has 11 atom stereocenters. The number of fused-ring (bicyclic) bond motifs is 7. The minimum atomic E-state index is -2.25. The van der Waals surface area contributed by atoms with Crippen molar-refractivity contribution in [2.24, 2.45) is 22.7 Å². The van der Waals surface area contributed by atoms with Crippen LogP contribution in [0.2, 0.25) is 0 Å². The molecule has 0 bridgehead atoms. The highest BCUT2D eigenvalue weighted by molar-refractivity contribution is 7.98. The van der Waals surface area contributed by atoms with Gasteiger partial charge in [0, 0.05) is 45.7 Å². The van der Waals surface area contributed by atoms with Crippen LogP contribution in [0.1, 0.15) is 50.5 Å². The number of hydrogen-bond acceptors (Lipinski definition) is 8. The van der Waals surface area contributed by atoms with Crippen molar-refractivity contribution in [2.45, 2.75) is 85.8 Å². The summed E-state index contributed by atoms with van der Waals surface area (Å²) in [6, 6.07) is 16.1. The molecule has 46 heavy (non-hydrogen) atoms. The van der Waals surface area contributed by atoms with Crippen LogP contribution in [0.5, 0.6) is 0 Å². The number of aliphatic hydroxyl groups is 3. The predicted molar refractivity (Wildman–Crippen MR) is 171 cm³/mol. The van der Waals surface area contributed by atoms with Gasteiger partial charge in [0.05, 0.1) is 18.8 Å². The van der Waals surface area contributed by atoms with E-state index in [4.69, 9.17) is 9.47 Å². The van der Waals surface area contributed by atoms with Crippen LogP contribution in [0.15, 0.2) is 77.2 Å². The number of allylic oxidation sites excluding steroid dienone is 4. The van der Waals surface area contributed by atoms with Crippen molar-refractivity contribution < 1.29 is 38.4 Å². The van der Waals surface area contributed by atoms with Gasteiger partial charge >= 0.3 is 0 Å². The summed E-state index contributed by atoms with van der Waals surface area (Å²) < 4.78 is 46.6. The number of benzene rings is 2. The molecular weight excluding hydrogens is 612 g/mol. The van der Waals surface area contributed by atoms with E-state index in [9.17, 15) is 20.1 Å². The van der Waals surface area contributed by atoms with Gasteiger partial charge in [0.25, 0.3) is 0 Å². The van der Waals surface area contributed by atoms with E-state index in [2.05, 4.69) is 17.4 Å². The van der Waals surface area contributed by atoms with Gasteiger partial charge in [0.15, 0.2) is 17.7 Å². The molecule has 1 aliphatic heterocycles. The van der Waals surface area contributed by atoms with E-state index < -0.39 is 77.1 Å². The average molecular weight is 654 g/mol. The number of ether oxygens (including phenoxy) is 2. The second kappa shape index (κ2) is 11.2. The molecule has 5 aliphatic rings. The molecule has 7 rings (SSSR count). The molecule has 1 heterocycles. The Kier molecular flexibility index (Phi) is 7.81. The number of hydrogen-bond donors (Lipinski definition) is 4. The molecule has 1 saturated heterocycles. The predicted octanol–water partition coefficient (Wildman–Crippen LogP) is 5.46. The largest absolute Gasteiger partial charge is 0.394 e. The maximum atomic E-state index is 17.6. The van der Waals surface area contributed by atoms with E-state index in [-0.39, 0.29) is 24.8 Å². The fourth-order valence-electron chi connectivity index (χ4n) is 9.54. The number of thioether (sulfide) groups is 1. The molecule has 4 N–H and O–H groups in total. The first-order valence-electron chi connectivity index (χ1n) is 16.0. The monoisotopic (exact) mass is 653 g/mol. The van der Waals surface area contributed by atoms with Crippen molar-refractivity contribution >= 4 is 23.2 Å². The van der Waals surface area contributed by atoms with Crippen LogP contribution in [0.4, 0.5) is 14.5 Å². The zero-order valence-corrected chi connectivity index (χ0v) is 27.0. The number of rotatable bonds is 7. The number of nitrogens with one attached hydrogen (secondary N) is 1. The molecule has 3 saturated carbocycles. The highest BCUT2D eigenvalue weighted by Crippen LogP contribution is 2.73. The number of alkyl halides is 2. The Morgan fingerprint density at radius 3 is 2.48 bits per heavy atom. The average Bonchev–Trinajstić information content (AvgIpc) is 3.55. The van der Waals surface area contributed by atoms with Gasteiger partial charge in [-0.3, -0.25) is 4.79 Å². The lowest BCUT2D eigenvalue weighted by Gasteiger charge is -2.63. The summed E-state index contributed by atoms with van der Waals surface area (Å²) in [7, 11) is 1.89. The van der Waals surface area contributed by atoms with Crippen molar-refractivity contribution in [3.63, 3.8) is 0 Å². The molecule has 2 aromatic rings. The zero-order chi connectivity index (χ0) is 32.6. The van der Waals surface area contributed by atoms with Crippen molar-refractivity contribution in [1.29, 1.82) is 0 Å². The fourth-order valence-corrected chi connectivity index (χ4v) is 10.4. The molecule has 0 spiro atoms. The van der Waals surface area contributed by atoms with Gasteiger partial charge < -0.3 is 30.1 Å². The smallest absolute Gasteiger partial charge is 0.185 e. The molecule has 4 fully saturated rings. The van der Waals surface area contributed by atoms with Crippen LogP contribution in [0, 0.1) is 22.7 Å². The Labute approximate surface area is 272 Å². The summed E-state index contributed by atoms with van der Waals surface area (Å²) in [6.45, 7) is 2.78. The van der Waals surface area contributed by atoms with Crippen molar-refractivity contribution in [3.8, 4) is 0 Å². The summed E-state index contributed by atoms with van der Waals surface area (Å²) in [5.74, 6) is -1.11. The van der Waals surface area contributed by atoms with E-state index in [0.717, 1.165) is 27.5 Å². The van der Waals surface area contributed by atoms with Crippen LogP contribution in [0.3, 0.4) is 0 Å². The van der Waals surface area contributed by atoms with Gasteiger partial charge in [-0.05, 0) is 79.7 Å². The first-order chi connectivity index (χ1) is 21.9. The first kappa shape index (κ1) is 32.0. The summed E-state index contributed by atoms with van der Waals surface area (Å²) in [6.07, 6.45) is -2.29. The number of aliphatic hydroxyl groups excluding tert-OH is 3. The van der Waals surface area contributed by atoms with Crippen molar-refractivity contribution in [2.75, 3.05) is 19.0 Å². The normalized spacial score (nSPS) is 41.7. The summed E-state index contributed by atoms with van der Waals surface area (Å²) in [4.78, 5) is 13.3. The van der Waals surface area contributed by atoms with E-state index in [0.29, 0.717) is 0 Å². The van der Waals surface area contributed by atoms with E-state index in [1.165, 1.54) is 18.2 Å². The lowest BCUT2D eigenvalue weighted by Crippen LogP contribution is -2.71. The summed E-state index contributed by atoms with van der Waals surface area (Å²) in [5.41, 5.74) is -3.33. The van der Waals surface area contributed by atoms with Crippen LogP contribution in [-0.4, -0.2) is 70.5 Å². The van der Waals surface area contributed by atoms with Gasteiger partial charge in [-0.15, -0.1) is 11.8 Å². The molecule has 0 amide bonds. The first-order valence-corrected chi connectivity index (χ1v) is 17.0. The third kappa shape index (κ3) is 4.37. The van der Waals surface area contributed by atoms with E-state index in [1.807, 2.05) is 50.4 Å². The number of ketones is 1. The fraction of sp³-hybridized carbons (Fsp3) is 0.528. The number of carbonyl (C=O) groups excluding carboxylic acids is 1. The van der Waals surface area contributed by atoms with Gasteiger partial charge in [-0.1, -0.05) is 37.3 Å². The molecular formula is C36H41F2NO6S. The summed E-state index contributed by atoms with van der Waals surface area (Å²) >= 11 is 1.72. The quantitative estimate of drug-likeness (QED) is 0.292. The minimum Gasteiger partial charge on any atom is -0.394 e. The molecule has 1 unspecified atom stereocenters. The van der Waals surface area contributed by atoms with Crippen molar-refractivity contribution in [3.05, 3.63) is 83.5 Å². The van der Waals surface area contributed by atoms with Crippen LogP contribution in [0.25, 0.3) is 0 Å². The van der Waals surface area contributed by atoms with Crippen LogP contribution < -0.4 is 5.32 Å². The van der Waals surface area contributed by atoms with E-state index >= 15 is 8.78 Å². The second-order valence-corrected chi connectivity index (χ2v) is 15.0. The topological polar surface area (TPSA) is 108 Å². The Hall–Kier alpha value is -2.60. The molecule has 0 radical (unpaired) electrons. The second-order valence-electron chi connectivity index (χ2n) is 14.0. The van der Waals surface area contributed by atoms with Crippen molar-refractivity contribution in [1.82, 2.24) is 0 Å². The zero-order valence-electron chi connectivity index (χ0n) is 26.2. The maximum absolute atomic E-state index is 17.6. The SMILES string of the molecule is CNc1ccc(SCc2ccc([C@@H]3O[C@@H]4C[C@H]5[C@@H]6C[C@H](F)C7=CC(=O)C=C[C@]7(C)[C@@]6(F)[C@@H](O)C[C@]5(C)[C@]4(C(O)CO)O3)cc2)cc1. The third-order valence-corrected chi connectivity index (χ3v) is 13.0. The van der Waals surface area contributed by atoms with Crippen LogP contribution >= 0.6 is 11.8 Å². The lowest BCUT2D eigenvalue weighted by atomic mass is 9.44. The Balaban J connectivity index is 1.15. The van der Waals surface area contributed by atoms with Crippen LogP contribution in [-0.2, 0) is 20.0 Å². The van der Waals surface area contributed by atoms with E-state index in [1.54, 1.807) is 18.7 Å². The number of carbonyl (C=O) groups is 1. The molecule has 2 aromatic carbocycles. The molecule has 246 valence electrons. The molecule has 0 aromatic heterocycles. The highest BCUT2D eigenvalue weighted by Gasteiger charge is 2.79. The molecule has 7 nitrogen and oxygen atoms in total. The Morgan fingerprint density at radius 2 is 1.80 bits per heavy atom. The van der Waals surface area contributed by atoms with Gasteiger partial charge in [-0.2, -0.15) is 0 Å². The minimum absolute atomic E-state index is 0.0609. The van der Waals surface area contributed by atoms with Gasteiger partial charge in [-0.25, -0.2) is 8.78 Å². The lowest BCUT2D eigenvalue weighted by molar-refractivity contribution is -0.257. The highest BCUT2D eigenvalue weighted by atomic mass is 32.2. The molecule has 4 aliphatic carbocycles. The van der Waals surface area contributed by atoms with Gasteiger partial charge in [0.1, 0.15) is 17.9 Å². The standard InChI is InChI=1S/C36H41F2NO6S/c1-33-13-12-23(41)14-27(33)28(37)15-26-25-16-31-36(30(43)18-40,34(25,2)17-29(42)35(26,33)38)45-32(44-31)21-6-4-20(5-7-21)19-46-24-10-8-22(39-3)9-11-24/h4-14,25-26,28-32,39-40,42-43H,15-19H2,1-3H3/t25-,26-,28-,29-,30?,31+,32+,33-,34-,35-,36+/m0/s1.